The first-order chi connectivity index (χ1) is 21.9. The molecule has 46 heavy (non-hydrogen) atoms. The van der Waals surface area contributed by atoms with E-state index in [4.69, 9.17) is 15.7 Å². The van der Waals surface area contributed by atoms with Crippen LogP contribution in [0.4, 0.5) is 13.2 Å². The highest BCUT2D eigenvalue weighted by molar-refractivity contribution is 7.10. The minimum Gasteiger partial charge on any atom is -0.425 e. The quantitative estimate of drug-likeness (QED) is 0.0964. The molecule has 0 aliphatic rings. The zero-order valence-corrected chi connectivity index (χ0v) is 26.0. The van der Waals surface area contributed by atoms with Crippen molar-refractivity contribution >= 4 is 17.3 Å². The Morgan fingerprint density at radius 2 is 1.80 bits per heavy atom. The molecule has 0 saturated heterocycles. The normalized spacial score (nSPS) is 13.2. The molecule has 0 bridgehead atoms. The van der Waals surface area contributed by atoms with Gasteiger partial charge in [-0.15, -0.1) is 16.0 Å². The number of hydrogen-bond donors (Lipinski definition) is 2. The number of nitrogens with zero attached hydrogens (tertiary/aromatic N) is 5. The Hall–Kier alpha value is -4.90. The molecule has 236 valence electrons. The first-order valence-corrected chi connectivity index (χ1v) is 15.1. The molecule has 0 fully saturated rings. The van der Waals surface area contributed by atoms with Crippen molar-refractivity contribution in [2.24, 2.45) is 5.73 Å². The second-order valence-electron chi connectivity index (χ2n) is 11.0. The molecule has 2 unspecified atom stereocenters. The van der Waals surface area contributed by atoms with Crippen molar-refractivity contribution in [3.05, 3.63) is 117 Å². The number of aliphatic hydroxyl groups is 1. The lowest BCUT2D eigenvalue weighted by Gasteiger charge is -2.32. The first-order valence-electron chi connectivity index (χ1n) is 14.2. The molecule has 0 radical (unpaired) electrons. The molecule has 0 aliphatic carbocycles. The van der Waals surface area contributed by atoms with Crippen LogP contribution in [-0.4, -0.2) is 32.4 Å². The van der Waals surface area contributed by atoms with Gasteiger partial charge in [0, 0.05) is 33.6 Å². The van der Waals surface area contributed by atoms with Gasteiger partial charge in [0.05, 0.1) is 35.4 Å². The molecule has 5 aromatic rings. The molecule has 0 amide bonds. The van der Waals surface area contributed by atoms with E-state index in [1.165, 1.54) is 22.3 Å². The van der Waals surface area contributed by atoms with Crippen LogP contribution in [0, 0.1) is 42.6 Å². The van der Waals surface area contributed by atoms with Crippen LogP contribution in [0.25, 0.3) is 11.3 Å². The molecule has 9 nitrogen and oxygen atoms in total. The minimum absolute atomic E-state index is 0.240. The second-order valence-corrected chi connectivity index (χ2v) is 11.9. The lowest BCUT2D eigenvalue weighted by Crippen LogP contribution is -2.39. The van der Waals surface area contributed by atoms with E-state index in [0.717, 1.165) is 22.3 Å². The van der Waals surface area contributed by atoms with Crippen molar-refractivity contribution in [3.8, 4) is 23.1 Å². The number of hydrogen-bond acceptors (Lipinski definition) is 8. The van der Waals surface area contributed by atoms with Crippen LogP contribution in [-0.2, 0) is 23.5 Å². The third-order valence-corrected chi connectivity index (χ3v) is 8.72. The van der Waals surface area contributed by atoms with E-state index in [-0.39, 0.29) is 13.1 Å². The molecule has 2 aromatic heterocycles. The number of rotatable bonds is 10. The number of nitriles is 1. The average molecular weight is 648 g/mol. The van der Waals surface area contributed by atoms with Crippen LogP contribution in [0.5, 0.6) is 5.75 Å². The van der Waals surface area contributed by atoms with Gasteiger partial charge in [-0.2, -0.15) is 5.26 Å². The highest BCUT2D eigenvalue weighted by Crippen LogP contribution is 2.42. The van der Waals surface area contributed by atoms with Gasteiger partial charge in [0.15, 0.2) is 11.6 Å². The third kappa shape index (κ3) is 6.69. The molecule has 3 N–H and O–H groups in total. The zero-order chi connectivity index (χ0) is 33.2. The van der Waals surface area contributed by atoms with E-state index in [1.807, 2.05) is 26.0 Å². The maximum absolute atomic E-state index is 15.3. The highest BCUT2D eigenvalue weighted by atomic mass is 32.1. The number of aryl methyl sites for hydroxylation is 2. The fraction of sp³-hybridized carbons (Fsp3) is 0.242. The molecule has 2 heterocycles. The van der Waals surface area contributed by atoms with Crippen LogP contribution in [0.2, 0.25) is 0 Å². The molecular formula is C33H30F3N6O3S+. The Morgan fingerprint density at radius 1 is 1.13 bits per heavy atom. The Labute approximate surface area is 267 Å². The topological polar surface area (TPSA) is 131 Å². The number of ether oxygens (including phenoxy) is 1. The maximum atomic E-state index is 15.3. The van der Waals surface area contributed by atoms with Crippen LogP contribution in [0.3, 0.4) is 0 Å². The van der Waals surface area contributed by atoms with Crippen LogP contribution < -0.4 is 15.0 Å². The smallest absolute Gasteiger partial charge is 0.325 e. The van der Waals surface area contributed by atoms with Crippen molar-refractivity contribution < 1.29 is 32.4 Å². The summed E-state index contributed by atoms with van der Waals surface area (Å²) in [6, 6.07) is 13.7. The molecule has 0 saturated carbocycles. The van der Waals surface area contributed by atoms with Crippen LogP contribution >= 0.6 is 11.3 Å². The predicted molar refractivity (Wildman–Crippen MR) is 163 cm³/mol. The van der Waals surface area contributed by atoms with E-state index >= 15 is 4.39 Å². The summed E-state index contributed by atoms with van der Waals surface area (Å²) in [6.45, 7) is 5.06. The summed E-state index contributed by atoms with van der Waals surface area (Å²) >= 11 is 1.22. The van der Waals surface area contributed by atoms with E-state index in [2.05, 4.69) is 16.2 Å². The lowest BCUT2D eigenvalue weighted by atomic mass is 9.82. The van der Waals surface area contributed by atoms with E-state index in [1.54, 1.807) is 47.5 Å². The minimum atomic E-state index is -2.11. The Bertz CT molecular complexity index is 1930. The standard InChI is InChI=1S/C33H30F3N6O3S/c1-19-8-23(9-20(2)31(19)45-30(43)13-38)14-41-17-39-42(18-41)16-33(44,25-10-27(35)28(36)11-26(25)34)21(3)32-40-29(15-46-32)24-6-4-22(12-37)5-7-24/h4-11,15,17-18,21,44H,13-14,16,38H2,1-3H3/q+1. The lowest BCUT2D eigenvalue weighted by molar-refractivity contribution is -0.689. The average Bonchev–Trinajstić information content (AvgIpc) is 3.70. The summed E-state index contributed by atoms with van der Waals surface area (Å²) < 4.78 is 52.1. The number of carbonyl (C=O) groups excluding carboxylic acids is 1. The van der Waals surface area contributed by atoms with Gasteiger partial charge in [-0.05, 0) is 60.9 Å². The number of esters is 1. The van der Waals surface area contributed by atoms with Gasteiger partial charge in [0.1, 0.15) is 23.7 Å². The number of aromatic nitrogens is 4. The number of benzene rings is 3. The number of nitrogens with two attached hydrogens (primary N) is 1. The van der Waals surface area contributed by atoms with Crippen molar-refractivity contribution in [2.75, 3.05) is 6.54 Å². The summed E-state index contributed by atoms with van der Waals surface area (Å²) in [7, 11) is 0. The maximum Gasteiger partial charge on any atom is 0.325 e. The van der Waals surface area contributed by atoms with Gasteiger partial charge in [-0.1, -0.05) is 19.1 Å². The number of thiazole rings is 1. The Kier molecular flexibility index (Phi) is 9.34. The van der Waals surface area contributed by atoms with Gasteiger partial charge < -0.3 is 15.6 Å². The zero-order valence-electron chi connectivity index (χ0n) is 25.2. The van der Waals surface area contributed by atoms with E-state index in [9.17, 15) is 18.7 Å². The number of halogens is 3. The van der Waals surface area contributed by atoms with Gasteiger partial charge >= 0.3 is 5.97 Å². The van der Waals surface area contributed by atoms with Crippen LogP contribution in [0.15, 0.2) is 66.6 Å². The summed E-state index contributed by atoms with van der Waals surface area (Å²) in [4.78, 5) is 16.4. The molecule has 0 aliphatic heterocycles. The molecule has 5 rings (SSSR count). The predicted octanol–water partition coefficient (Wildman–Crippen LogP) is 4.80. The van der Waals surface area contributed by atoms with Crippen molar-refractivity contribution in [1.29, 1.82) is 5.26 Å². The van der Waals surface area contributed by atoms with Gasteiger partial charge in [-0.25, -0.2) is 22.7 Å². The van der Waals surface area contributed by atoms with E-state index in [0.29, 0.717) is 40.7 Å². The summed E-state index contributed by atoms with van der Waals surface area (Å²) in [5.41, 5.74) is 6.99. The third-order valence-electron chi connectivity index (χ3n) is 7.70. The summed E-state index contributed by atoms with van der Waals surface area (Å²) in [5.74, 6) is -4.79. The van der Waals surface area contributed by atoms with Gasteiger partial charge in [-0.3, -0.25) is 4.79 Å². The highest BCUT2D eigenvalue weighted by Gasteiger charge is 2.44. The number of carbonyl (C=O) groups is 1. The molecule has 13 heteroatoms. The summed E-state index contributed by atoms with van der Waals surface area (Å²) in [5, 5.41) is 27.8. The largest absolute Gasteiger partial charge is 0.425 e. The van der Waals surface area contributed by atoms with Crippen molar-refractivity contribution in [2.45, 2.75) is 45.4 Å². The first kappa shape index (κ1) is 32.5. The SMILES string of the molecule is Cc1cc(C[n+]2cnn(CC(O)(c3cc(F)c(F)cc3F)C(C)c3nc(-c4ccc(C#N)cc4)cs3)c2)cc(C)c1OC(=O)CN. The van der Waals surface area contributed by atoms with E-state index < -0.39 is 40.5 Å². The fourth-order valence-corrected chi connectivity index (χ4v) is 6.25. The van der Waals surface area contributed by atoms with Gasteiger partial charge in [0.2, 0.25) is 6.33 Å². The van der Waals surface area contributed by atoms with Gasteiger partial charge in [0.25, 0.3) is 6.33 Å². The molecular weight excluding hydrogens is 617 g/mol. The monoisotopic (exact) mass is 647 g/mol. The Balaban J connectivity index is 1.45. The fourth-order valence-electron chi connectivity index (χ4n) is 5.28. The van der Waals surface area contributed by atoms with Crippen molar-refractivity contribution in [3.63, 3.8) is 0 Å². The molecule has 0 spiro atoms. The van der Waals surface area contributed by atoms with Crippen LogP contribution in [0.1, 0.15) is 45.7 Å². The molecule has 2 atom stereocenters. The second kappa shape index (κ2) is 13.2. The van der Waals surface area contributed by atoms with Crippen molar-refractivity contribution in [1.82, 2.24) is 14.8 Å². The summed E-state index contributed by atoms with van der Waals surface area (Å²) in [6.07, 6.45) is 3.12. The molecule has 3 aromatic carbocycles. The Morgan fingerprint density at radius 3 is 2.46 bits per heavy atom.